The SMILES string of the molecule is NC(=O)NC1C=C(O)C(=O)Nc2ccccc21. The molecule has 0 saturated carbocycles. The molecule has 1 unspecified atom stereocenters. The predicted molar refractivity (Wildman–Crippen MR) is 61.2 cm³/mol. The molecule has 2 rings (SSSR count). The Morgan fingerprint density at radius 3 is 2.82 bits per heavy atom. The highest BCUT2D eigenvalue weighted by atomic mass is 16.3. The minimum absolute atomic E-state index is 0.458. The van der Waals surface area contributed by atoms with Crippen molar-refractivity contribution in [1.82, 2.24) is 5.32 Å². The van der Waals surface area contributed by atoms with Crippen molar-refractivity contribution in [2.45, 2.75) is 6.04 Å². The maximum Gasteiger partial charge on any atom is 0.312 e. The molecule has 1 aromatic rings. The lowest BCUT2D eigenvalue weighted by Crippen LogP contribution is -2.32. The van der Waals surface area contributed by atoms with Gasteiger partial charge in [-0.3, -0.25) is 4.79 Å². The van der Waals surface area contributed by atoms with Crippen LogP contribution in [0, 0.1) is 0 Å². The number of rotatable bonds is 1. The van der Waals surface area contributed by atoms with Gasteiger partial charge >= 0.3 is 6.03 Å². The average molecular weight is 233 g/mol. The van der Waals surface area contributed by atoms with E-state index in [4.69, 9.17) is 5.73 Å². The Labute approximate surface area is 97.1 Å². The van der Waals surface area contributed by atoms with Crippen LogP contribution in [0.3, 0.4) is 0 Å². The van der Waals surface area contributed by atoms with Crippen LogP contribution in [0.25, 0.3) is 0 Å². The molecule has 1 aliphatic rings. The third kappa shape index (κ3) is 2.20. The number of benzene rings is 1. The molecule has 1 aliphatic heterocycles. The second-order valence-electron chi connectivity index (χ2n) is 3.58. The fourth-order valence-corrected chi connectivity index (χ4v) is 1.66. The molecule has 1 atom stereocenters. The minimum Gasteiger partial charge on any atom is -0.503 e. The van der Waals surface area contributed by atoms with Crippen molar-refractivity contribution in [3.05, 3.63) is 41.7 Å². The summed E-state index contributed by atoms with van der Waals surface area (Å²) in [5.41, 5.74) is 6.23. The molecule has 88 valence electrons. The van der Waals surface area contributed by atoms with Crippen LogP contribution in [0.4, 0.5) is 10.5 Å². The third-order valence-electron chi connectivity index (χ3n) is 2.40. The molecular formula is C11H11N3O3. The van der Waals surface area contributed by atoms with Crippen LogP contribution < -0.4 is 16.4 Å². The molecule has 0 aromatic heterocycles. The maximum absolute atomic E-state index is 11.4. The van der Waals surface area contributed by atoms with E-state index in [1.54, 1.807) is 24.3 Å². The summed E-state index contributed by atoms with van der Waals surface area (Å²) in [7, 11) is 0. The van der Waals surface area contributed by atoms with Gasteiger partial charge in [0.2, 0.25) is 0 Å². The fourth-order valence-electron chi connectivity index (χ4n) is 1.66. The Hall–Kier alpha value is -2.50. The first kappa shape index (κ1) is 11.0. The molecule has 17 heavy (non-hydrogen) atoms. The number of nitrogens with one attached hydrogen (secondary N) is 2. The van der Waals surface area contributed by atoms with E-state index >= 15 is 0 Å². The number of aliphatic hydroxyl groups is 1. The number of hydrogen-bond donors (Lipinski definition) is 4. The van der Waals surface area contributed by atoms with Gasteiger partial charge in [0.05, 0.1) is 6.04 Å². The Balaban J connectivity index is 2.47. The molecule has 0 saturated heterocycles. The normalized spacial score (nSPS) is 18.5. The van der Waals surface area contributed by atoms with E-state index in [1.807, 2.05) is 0 Å². The van der Waals surface area contributed by atoms with E-state index in [9.17, 15) is 14.7 Å². The topological polar surface area (TPSA) is 104 Å². The number of urea groups is 1. The highest BCUT2D eigenvalue weighted by Crippen LogP contribution is 2.27. The van der Waals surface area contributed by atoms with Gasteiger partial charge in [0.1, 0.15) is 0 Å². The number of amides is 3. The zero-order valence-corrected chi connectivity index (χ0v) is 8.81. The summed E-state index contributed by atoms with van der Waals surface area (Å²) in [6, 6.07) is 5.53. The quantitative estimate of drug-likeness (QED) is 0.576. The van der Waals surface area contributed by atoms with Crippen LogP contribution in [0.15, 0.2) is 36.1 Å². The first-order chi connectivity index (χ1) is 8.08. The lowest BCUT2D eigenvalue weighted by molar-refractivity contribution is -0.115. The molecule has 0 fully saturated rings. The Morgan fingerprint density at radius 2 is 2.12 bits per heavy atom. The summed E-state index contributed by atoms with van der Waals surface area (Å²) in [6.07, 6.45) is 1.24. The Bertz CT molecular complexity index is 510. The molecule has 3 amide bonds. The second-order valence-corrected chi connectivity index (χ2v) is 3.58. The van der Waals surface area contributed by atoms with Crippen LogP contribution >= 0.6 is 0 Å². The van der Waals surface area contributed by atoms with Crippen LogP contribution in [0.5, 0.6) is 0 Å². The van der Waals surface area contributed by atoms with Crippen molar-refractivity contribution < 1.29 is 14.7 Å². The van der Waals surface area contributed by atoms with Crippen LogP contribution in [-0.2, 0) is 4.79 Å². The fraction of sp³-hybridized carbons (Fsp3) is 0.0909. The van der Waals surface area contributed by atoms with Crippen LogP contribution in [0.2, 0.25) is 0 Å². The van der Waals surface area contributed by atoms with Gasteiger partial charge in [-0.2, -0.15) is 0 Å². The number of carbonyl (C=O) groups is 2. The number of hydrogen-bond acceptors (Lipinski definition) is 3. The molecule has 0 bridgehead atoms. The van der Waals surface area contributed by atoms with E-state index < -0.39 is 23.7 Å². The summed E-state index contributed by atoms with van der Waals surface area (Å²) >= 11 is 0. The van der Waals surface area contributed by atoms with Crippen molar-refractivity contribution in [2.75, 3.05) is 5.32 Å². The molecule has 6 nitrogen and oxygen atoms in total. The number of carbonyl (C=O) groups excluding carboxylic acids is 2. The van der Waals surface area contributed by atoms with Gasteiger partial charge in [-0.25, -0.2) is 4.79 Å². The lowest BCUT2D eigenvalue weighted by atomic mass is 10.1. The lowest BCUT2D eigenvalue weighted by Gasteiger charge is -2.15. The predicted octanol–water partition coefficient (Wildman–Crippen LogP) is 0.790. The number of para-hydroxylation sites is 1. The number of primary amides is 1. The Morgan fingerprint density at radius 1 is 1.41 bits per heavy atom. The van der Waals surface area contributed by atoms with E-state index in [1.165, 1.54) is 6.08 Å². The average Bonchev–Trinajstić information content (AvgIpc) is 2.38. The van der Waals surface area contributed by atoms with E-state index in [2.05, 4.69) is 10.6 Å². The maximum atomic E-state index is 11.4. The van der Waals surface area contributed by atoms with Gasteiger partial charge in [0.15, 0.2) is 5.76 Å². The smallest absolute Gasteiger partial charge is 0.312 e. The molecule has 1 heterocycles. The van der Waals surface area contributed by atoms with E-state index in [0.717, 1.165) is 0 Å². The molecular weight excluding hydrogens is 222 g/mol. The van der Waals surface area contributed by atoms with Crippen molar-refractivity contribution in [1.29, 1.82) is 0 Å². The van der Waals surface area contributed by atoms with Crippen LogP contribution in [-0.4, -0.2) is 17.0 Å². The number of aliphatic hydroxyl groups excluding tert-OH is 1. The highest BCUT2D eigenvalue weighted by Gasteiger charge is 2.22. The van der Waals surface area contributed by atoms with Crippen molar-refractivity contribution in [3.63, 3.8) is 0 Å². The van der Waals surface area contributed by atoms with Crippen LogP contribution in [0.1, 0.15) is 11.6 Å². The summed E-state index contributed by atoms with van der Waals surface area (Å²) in [4.78, 5) is 22.3. The van der Waals surface area contributed by atoms with Gasteiger partial charge in [-0.15, -0.1) is 0 Å². The summed E-state index contributed by atoms with van der Waals surface area (Å²) in [5.74, 6) is -1.08. The zero-order valence-electron chi connectivity index (χ0n) is 8.81. The number of nitrogens with two attached hydrogens (primary N) is 1. The van der Waals surface area contributed by atoms with E-state index in [0.29, 0.717) is 11.3 Å². The second kappa shape index (κ2) is 4.17. The summed E-state index contributed by atoms with van der Waals surface area (Å²) < 4.78 is 0. The highest BCUT2D eigenvalue weighted by molar-refractivity contribution is 6.03. The molecule has 1 aromatic carbocycles. The monoisotopic (exact) mass is 233 g/mol. The van der Waals surface area contributed by atoms with Gasteiger partial charge in [0, 0.05) is 11.3 Å². The van der Waals surface area contributed by atoms with E-state index in [-0.39, 0.29) is 0 Å². The Kier molecular flexibility index (Phi) is 2.70. The van der Waals surface area contributed by atoms with Gasteiger partial charge in [0.25, 0.3) is 5.91 Å². The molecule has 5 N–H and O–H groups in total. The number of anilines is 1. The first-order valence-electron chi connectivity index (χ1n) is 4.95. The first-order valence-corrected chi connectivity index (χ1v) is 4.95. The largest absolute Gasteiger partial charge is 0.503 e. The molecule has 0 aliphatic carbocycles. The minimum atomic E-state index is -0.733. The zero-order chi connectivity index (χ0) is 12.4. The van der Waals surface area contributed by atoms with Crippen molar-refractivity contribution in [3.8, 4) is 0 Å². The molecule has 0 spiro atoms. The van der Waals surface area contributed by atoms with Crippen molar-refractivity contribution in [2.24, 2.45) is 5.73 Å². The standard InChI is InChI=1S/C11H11N3O3/c12-11(17)14-8-5-9(15)10(16)13-7-4-2-1-3-6(7)8/h1-5,8,15H,(H,13,16)(H3,12,14,17). The molecule has 6 heteroatoms. The molecule has 0 radical (unpaired) electrons. The number of fused-ring (bicyclic) bond motifs is 1. The third-order valence-corrected chi connectivity index (χ3v) is 2.40. The summed E-state index contributed by atoms with van der Waals surface area (Å²) in [6.45, 7) is 0. The van der Waals surface area contributed by atoms with Gasteiger partial charge in [-0.1, -0.05) is 18.2 Å². The summed E-state index contributed by atoms with van der Waals surface area (Å²) in [5, 5.41) is 14.4. The van der Waals surface area contributed by atoms with Gasteiger partial charge in [-0.05, 0) is 12.1 Å². The van der Waals surface area contributed by atoms with Crippen molar-refractivity contribution >= 4 is 17.6 Å². The van der Waals surface area contributed by atoms with Gasteiger partial charge < -0.3 is 21.5 Å².